The first kappa shape index (κ1) is 16.1. The van der Waals surface area contributed by atoms with E-state index in [9.17, 15) is 14.3 Å². The number of likely N-dealkylation sites (tertiary alicyclic amines) is 1. The van der Waals surface area contributed by atoms with Crippen LogP contribution < -0.4 is 11.3 Å². The van der Waals surface area contributed by atoms with Gasteiger partial charge < -0.3 is 15.4 Å². The van der Waals surface area contributed by atoms with E-state index in [4.69, 9.17) is 5.73 Å². The van der Waals surface area contributed by atoms with Crippen molar-refractivity contribution in [3.63, 3.8) is 0 Å². The summed E-state index contributed by atoms with van der Waals surface area (Å²) in [5.41, 5.74) is 6.18. The lowest BCUT2D eigenvalue weighted by Gasteiger charge is -2.35. The monoisotopic (exact) mass is 319 g/mol. The molecule has 3 rings (SSSR count). The Kier molecular flexibility index (Phi) is 4.75. The predicted molar refractivity (Wildman–Crippen MR) is 87.8 cm³/mol. The molecule has 1 fully saturated rings. The molecule has 0 saturated carbocycles. The molecule has 0 radical (unpaired) electrons. The summed E-state index contributed by atoms with van der Waals surface area (Å²) in [5.74, 6) is -0.0751. The number of benzene rings is 1. The average Bonchev–Trinajstić information content (AvgIpc) is 2.53. The van der Waals surface area contributed by atoms with E-state index in [0.29, 0.717) is 31.7 Å². The Morgan fingerprint density at radius 2 is 2.00 bits per heavy atom. The number of nitrogens with two attached hydrogens (primary N) is 1. The summed E-state index contributed by atoms with van der Waals surface area (Å²) >= 11 is 0. The Balaban J connectivity index is 1.80. The van der Waals surface area contributed by atoms with E-state index in [0.717, 1.165) is 18.4 Å². The SMILES string of the molecule is NC[C@@H]1C[C@H](O)CN(CCn2c(=O)ccc3ccc(F)cc32)C1. The number of aliphatic hydroxyl groups excluding tert-OH is 1. The minimum atomic E-state index is -0.376. The van der Waals surface area contributed by atoms with Gasteiger partial charge in [-0.1, -0.05) is 0 Å². The third-order valence-electron chi connectivity index (χ3n) is 4.52. The third-order valence-corrected chi connectivity index (χ3v) is 4.52. The van der Waals surface area contributed by atoms with Crippen molar-refractivity contribution in [2.45, 2.75) is 19.1 Å². The number of hydrogen-bond acceptors (Lipinski definition) is 4. The molecule has 2 aromatic rings. The first-order chi connectivity index (χ1) is 11.1. The molecule has 2 atom stereocenters. The molecule has 1 aromatic carbocycles. The topological polar surface area (TPSA) is 71.5 Å². The van der Waals surface area contributed by atoms with E-state index in [1.54, 1.807) is 16.7 Å². The molecule has 1 aliphatic rings. The van der Waals surface area contributed by atoms with Gasteiger partial charge in [0.25, 0.3) is 5.56 Å². The van der Waals surface area contributed by atoms with E-state index >= 15 is 0 Å². The van der Waals surface area contributed by atoms with Crippen molar-refractivity contribution in [2.24, 2.45) is 11.7 Å². The zero-order chi connectivity index (χ0) is 16.4. The standard InChI is InChI=1S/C17H22FN3O2/c18-14-3-1-13-2-4-17(23)21(16(13)8-14)6-5-20-10-12(9-19)7-15(22)11-20/h1-4,8,12,15,22H,5-7,9-11,19H2/t12-,15-/m0/s1. The van der Waals surface area contributed by atoms with Crippen molar-refractivity contribution in [2.75, 3.05) is 26.2 Å². The molecule has 1 aromatic heterocycles. The second-order valence-corrected chi connectivity index (χ2v) is 6.28. The van der Waals surface area contributed by atoms with E-state index in [1.807, 2.05) is 0 Å². The van der Waals surface area contributed by atoms with Gasteiger partial charge in [-0.15, -0.1) is 0 Å². The summed E-state index contributed by atoms with van der Waals surface area (Å²) in [4.78, 5) is 14.3. The van der Waals surface area contributed by atoms with Crippen LogP contribution in [0.15, 0.2) is 35.1 Å². The van der Waals surface area contributed by atoms with E-state index < -0.39 is 0 Å². The molecule has 5 nitrogen and oxygen atoms in total. The van der Waals surface area contributed by atoms with Crippen LogP contribution in [-0.4, -0.2) is 46.9 Å². The fraction of sp³-hybridized carbons (Fsp3) is 0.471. The zero-order valence-corrected chi connectivity index (χ0v) is 13.0. The molecule has 0 unspecified atom stereocenters. The molecule has 0 amide bonds. The molecule has 3 N–H and O–H groups in total. The minimum Gasteiger partial charge on any atom is -0.392 e. The molecule has 124 valence electrons. The average molecular weight is 319 g/mol. The molecule has 2 heterocycles. The highest BCUT2D eigenvalue weighted by Gasteiger charge is 2.24. The molecule has 0 spiro atoms. The first-order valence-electron chi connectivity index (χ1n) is 7.96. The van der Waals surface area contributed by atoms with Gasteiger partial charge >= 0.3 is 0 Å². The number of rotatable bonds is 4. The van der Waals surface area contributed by atoms with E-state index in [-0.39, 0.29) is 23.4 Å². The minimum absolute atomic E-state index is 0.143. The van der Waals surface area contributed by atoms with Crippen LogP contribution in [0, 0.1) is 11.7 Å². The second kappa shape index (κ2) is 6.78. The Morgan fingerprint density at radius 1 is 1.22 bits per heavy atom. The van der Waals surface area contributed by atoms with Gasteiger partial charge in [0.2, 0.25) is 0 Å². The molecule has 0 bridgehead atoms. The van der Waals surface area contributed by atoms with Gasteiger partial charge in [0.05, 0.1) is 11.6 Å². The zero-order valence-electron chi connectivity index (χ0n) is 13.0. The number of aromatic nitrogens is 1. The smallest absolute Gasteiger partial charge is 0.251 e. The summed E-state index contributed by atoms with van der Waals surface area (Å²) in [5, 5.41) is 10.8. The van der Waals surface area contributed by atoms with Crippen molar-refractivity contribution in [3.05, 3.63) is 46.5 Å². The highest BCUT2D eigenvalue weighted by Crippen LogP contribution is 2.17. The first-order valence-corrected chi connectivity index (χ1v) is 7.96. The predicted octanol–water partition coefficient (Wildman–Crippen LogP) is 0.782. The Morgan fingerprint density at radius 3 is 2.78 bits per heavy atom. The highest BCUT2D eigenvalue weighted by atomic mass is 19.1. The molecule has 1 saturated heterocycles. The summed E-state index contributed by atoms with van der Waals surface area (Å²) < 4.78 is 15.1. The quantitative estimate of drug-likeness (QED) is 0.874. The number of hydrogen-bond donors (Lipinski definition) is 2. The van der Waals surface area contributed by atoms with E-state index in [1.165, 1.54) is 18.2 Å². The van der Waals surface area contributed by atoms with Crippen LogP contribution in [0.25, 0.3) is 10.9 Å². The van der Waals surface area contributed by atoms with Crippen LogP contribution in [0.4, 0.5) is 4.39 Å². The Hall–Kier alpha value is -1.76. The summed E-state index contributed by atoms with van der Waals surface area (Å²) in [6.45, 7) is 3.05. The number of pyridine rings is 1. The van der Waals surface area contributed by atoms with Crippen molar-refractivity contribution >= 4 is 10.9 Å². The highest BCUT2D eigenvalue weighted by molar-refractivity contribution is 5.78. The molecule has 6 heteroatoms. The Bertz CT molecular complexity index is 746. The van der Waals surface area contributed by atoms with Crippen molar-refractivity contribution in [3.8, 4) is 0 Å². The number of fused-ring (bicyclic) bond motifs is 1. The summed E-state index contributed by atoms with van der Waals surface area (Å²) in [7, 11) is 0. The summed E-state index contributed by atoms with van der Waals surface area (Å²) in [6.07, 6.45) is 0.353. The van der Waals surface area contributed by atoms with Gasteiger partial charge in [0, 0.05) is 32.2 Å². The maximum atomic E-state index is 13.5. The number of piperidine rings is 1. The number of aliphatic hydroxyl groups is 1. The largest absolute Gasteiger partial charge is 0.392 e. The maximum Gasteiger partial charge on any atom is 0.251 e. The summed E-state index contributed by atoms with van der Waals surface area (Å²) in [6, 6.07) is 7.68. The fourth-order valence-corrected chi connectivity index (χ4v) is 3.36. The molecular weight excluding hydrogens is 297 g/mol. The van der Waals surface area contributed by atoms with Gasteiger partial charge in [-0.25, -0.2) is 4.39 Å². The van der Waals surface area contributed by atoms with Gasteiger partial charge in [-0.3, -0.25) is 9.69 Å². The lowest BCUT2D eigenvalue weighted by molar-refractivity contribution is 0.0405. The third kappa shape index (κ3) is 3.60. The van der Waals surface area contributed by atoms with Crippen LogP contribution in [0.5, 0.6) is 0 Å². The molecule has 0 aliphatic carbocycles. The normalized spacial score (nSPS) is 22.6. The van der Waals surface area contributed by atoms with E-state index in [2.05, 4.69) is 4.90 Å². The molecule has 1 aliphatic heterocycles. The second-order valence-electron chi connectivity index (χ2n) is 6.28. The Labute approximate surface area is 134 Å². The van der Waals surface area contributed by atoms with Crippen LogP contribution in [-0.2, 0) is 6.54 Å². The number of halogens is 1. The molecule has 23 heavy (non-hydrogen) atoms. The van der Waals surface area contributed by atoms with Crippen LogP contribution in [0.2, 0.25) is 0 Å². The lowest BCUT2D eigenvalue weighted by Crippen LogP contribution is -2.46. The molecular formula is C17H22FN3O2. The fourth-order valence-electron chi connectivity index (χ4n) is 3.36. The number of nitrogens with zero attached hydrogens (tertiary/aromatic N) is 2. The van der Waals surface area contributed by atoms with Crippen LogP contribution >= 0.6 is 0 Å². The lowest BCUT2D eigenvalue weighted by atomic mass is 9.96. The van der Waals surface area contributed by atoms with Gasteiger partial charge in [0.15, 0.2) is 0 Å². The van der Waals surface area contributed by atoms with Crippen LogP contribution in [0.1, 0.15) is 6.42 Å². The van der Waals surface area contributed by atoms with Crippen molar-refractivity contribution < 1.29 is 9.50 Å². The van der Waals surface area contributed by atoms with Crippen molar-refractivity contribution in [1.82, 2.24) is 9.47 Å². The van der Waals surface area contributed by atoms with Gasteiger partial charge in [0.1, 0.15) is 5.82 Å². The van der Waals surface area contributed by atoms with Crippen LogP contribution in [0.3, 0.4) is 0 Å². The maximum absolute atomic E-state index is 13.5. The van der Waals surface area contributed by atoms with Gasteiger partial charge in [-0.05, 0) is 48.5 Å². The van der Waals surface area contributed by atoms with Gasteiger partial charge in [-0.2, -0.15) is 0 Å². The van der Waals surface area contributed by atoms with Crippen molar-refractivity contribution in [1.29, 1.82) is 0 Å². The number of β-amino-alcohol motifs (C(OH)–C–C–N with tert-alkyl or cyclic N) is 1.